The number of aryl methyl sites for hydroxylation is 1. The fourth-order valence-electron chi connectivity index (χ4n) is 5.44. The molecule has 5 heterocycles. The number of pyridine rings is 1. The fourth-order valence-corrected chi connectivity index (χ4v) is 5.44. The molecule has 30 heavy (non-hydrogen) atoms. The van der Waals surface area contributed by atoms with Crippen molar-refractivity contribution in [2.75, 3.05) is 26.2 Å². The summed E-state index contributed by atoms with van der Waals surface area (Å²) >= 11 is 0. The van der Waals surface area contributed by atoms with Gasteiger partial charge in [0.15, 0.2) is 0 Å². The molecule has 0 radical (unpaired) electrons. The molecule has 0 spiro atoms. The van der Waals surface area contributed by atoms with Crippen molar-refractivity contribution in [2.24, 2.45) is 0 Å². The first-order chi connectivity index (χ1) is 14.8. The Labute approximate surface area is 178 Å². The number of hydrogen-bond donors (Lipinski definition) is 0. The summed E-state index contributed by atoms with van der Waals surface area (Å²) in [5.74, 6) is 3.14. The lowest BCUT2D eigenvalue weighted by molar-refractivity contribution is 0.0575. The van der Waals surface area contributed by atoms with Gasteiger partial charge in [0.05, 0.1) is 0 Å². The van der Waals surface area contributed by atoms with E-state index in [0.717, 1.165) is 57.5 Å². The summed E-state index contributed by atoms with van der Waals surface area (Å²) in [6.45, 7) is 5.07. The zero-order chi connectivity index (χ0) is 20.3. The van der Waals surface area contributed by atoms with Crippen molar-refractivity contribution in [1.29, 1.82) is 0 Å². The summed E-state index contributed by atoms with van der Waals surface area (Å²) < 4.78 is 2.43. The van der Waals surface area contributed by atoms with Crippen molar-refractivity contribution in [1.82, 2.24) is 29.5 Å². The molecule has 3 aliphatic heterocycles. The lowest BCUT2D eigenvalue weighted by Gasteiger charge is -2.41. The van der Waals surface area contributed by atoms with Crippen LogP contribution >= 0.6 is 0 Å². The Morgan fingerprint density at radius 1 is 0.867 bits per heavy atom. The predicted molar refractivity (Wildman–Crippen MR) is 114 cm³/mol. The average molecular weight is 409 g/mol. The minimum absolute atomic E-state index is 0.141. The van der Waals surface area contributed by atoms with Crippen LogP contribution in [0.4, 0.5) is 0 Å². The number of likely N-dealkylation sites (tertiary alicyclic amines) is 2. The molecular weight excluding hydrogens is 376 g/mol. The molecule has 2 fully saturated rings. The Morgan fingerprint density at radius 3 is 2.40 bits per heavy atom. The normalized spacial score (nSPS) is 21.9. The topological polar surface area (TPSA) is 67.2 Å². The van der Waals surface area contributed by atoms with E-state index in [9.17, 15) is 4.79 Å². The van der Waals surface area contributed by atoms with Crippen LogP contribution in [0.2, 0.25) is 0 Å². The Balaban J connectivity index is 1.14. The average Bonchev–Trinajstić information content (AvgIpc) is 3.07. The molecule has 2 saturated heterocycles. The van der Waals surface area contributed by atoms with E-state index in [1.54, 1.807) is 12.4 Å². The van der Waals surface area contributed by atoms with Gasteiger partial charge in [-0.1, -0.05) is 6.42 Å². The summed E-state index contributed by atoms with van der Waals surface area (Å²) in [5.41, 5.74) is 0.747. The van der Waals surface area contributed by atoms with Gasteiger partial charge in [0.2, 0.25) is 0 Å². The lowest BCUT2D eigenvalue weighted by Crippen LogP contribution is -2.49. The fraction of sp³-hybridized carbons (Fsp3) is 0.652. The first-order valence-electron chi connectivity index (χ1n) is 11.6. The number of nitrogens with zero attached hydrogens (tertiary/aromatic N) is 6. The van der Waals surface area contributed by atoms with Crippen LogP contribution in [0.5, 0.6) is 0 Å². The molecule has 5 rings (SSSR count). The van der Waals surface area contributed by atoms with Gasteiger partial charge in [-0.25, -0.2) is 0 Å². The Hall–Kier alpha value is -2.28. The third-order valence-electron chi connectivity index (χ3n) is 7.23. The van der Waals surface area contributed by atoms with Crippen molar-refractivity contribution in [2.45, 2.75) is 69.9 Å². The molecule has 7 nitrogen and oxygen atoms in total. The minimum Gasteiger partial charge on any atom is -0.339 e. The summed E-state index contributed by atoms with van der Waals surface area (Å²) in [6.07, 6.45) is 12.8. The number of carbonyl (C=O) groups excluding carboxylic acids is 1. The van der Waals surface area contributed by atoms with Crippen LogP contribution in [0.15, 0.2) is 24.5 Å². The van der Waals surface area contributed by atoms with Crippen molar-refractivity contribution in [3.63, 3.8) is 0 Å². The van der Waals surface area contributed by atoms with Gasteiger partial charge in [-0.15, -0.1) is 10.2 Å². The monoisotopic (exact) mass is 408 g/mol. The second-order valence-electron chi connectivity index (χ2n) is 9.01. The highest BCUT2D eigenvalue weighted by atomic mass is 16.2. The third kappa shape index (κ3) is 4.00. The molecule has 160 valence electrons. The van der Waals surface area contributed by atoms with Crippen LogP contribution in [0, 0.1) is 0 Å². The number of rotatable bonds is 3. The maximum absolute atomic E-state index is 12.7. The molecule has 2 aromatic heterocycles. The van der Waals surface area contributed by atoms with Gasteiger partial charge in [0.1, 0.15) is 11.6 Å². The van der Waals surface area contributed by atoms with Gasteiger partial charge >= 0.3 is 0 Å². The van der Waals surface area contributed by atoms with Gasteiger partial charge in [-0.3, -0.25) is 9.78 Å². The van der Waals surface area contributed by atoms with Crippen LogP contribution in [0.1, 0.15) is 72.9 Å². The zero-order valence-electron chi connectivity index (χ0n) is 17.7. The van der Waals surface area contributed by atoms with Gasteiger partial charge in [-0.05, 0) is 63.7 Å². The first-order valence-corrected chi connectivity index (χ1v) is 11.6. The van der Waals surface area contributed by atoms with Gasteiger partial charge < -0.3 is 14.4 Å². The molecule has 1 amide bonds. The molecule has 2 aromatic rings. The number of fused-ring (bicyclic) bond motifs is 1. The Morgan fingerprint density at radius 2 is 1.63 bits per heavy atom. The summed E-state index contributed by atoms with van der Waals surface area (Å²) in [4.78, 5) is 21.3. The van der Waals surface area contributed by atoms with Crippen molar-refractivity contribution in [3.05, 3.63) is 41.7 Å². The molecule has 0 bridgehead atoms. The molecule has 0 N–H and O–H groups in total. The van der Waals surface area contributed by atoms with E-state index in [-0.39, 0.29) is 5.91 Å². The summed E-state index contributed by atoms with van der Waals surface area (Å²) in [5, 5.41) is 9.11. The maximum atomic E-state index is 12.7. The van der Waals surface area contributed by atoms with Crippen LogP contribution in [0.3, 0.4) is 0 Å². The van der Waals surface area contributed by atoms with E-state index in [2.05, 4.69) is 24.6 Å². The van der Waals surface area contributed by atoms with Crippen molar-refractivity contribution >= 4 is 5.91 Å². The van der Waals surface area contributed by atoms with E-state index in [1.165, 1.54) is 43.8 Å². The van der Waals surface area contributed by atoms with Crippen LogP contribution in [0.25, 0.3) is 0 Å². The number of piperidine rings is 2. The van der Waals surface area contributed by atoms with E-state index in [0.29, 0.717) is 12.0 Å². The third-order valence-corrected chi connectivity index (χ3v) is 7.23. The van der Waals surface area contributed by atoms with Gasteiger partial charge in [-0.2, -0.15) is 0 Å². The first kappa shape index (κ1) is 19.7. The van der Waals surface area contributed by atoms with Gasteiger partial charge in [0.25, 0.3) is 5.91 Å². The largest absolute Gasteiger partial charge is 0.339 e. The maximum Gasteiger partial charge on any atom is 0.253 e. The second kappa shape index (κ2) is 8.84. The number of aromatic nitrogens is 4. The standard InChI is InChI=1S/C23H32N6O/c30-23(19-5-11-24-12-6-19)28-16-9-20(10-17-28)27-14-7-18(8-15-27)22-26-25-21-4-2-1-3-13-29(21)22/h5-6,11-12,18,20H,1-4,7-10,13-17H2. The van der Waals surface area contributed by atoms with Crippen LogP contribution in [-0.4, -0.2) is 67.7 Å². The summed E-state index contributed by atoms with van der Waals surface area (Å²) in [6, 6.07) is 4.22. The molecule has 3 aliphatic rings. The highest BCUT2D eigenvalue weighted by molar-refractivity contribution is 5.94. The number of carbonyl (C=O) groups is 1. The van der Waals surface area contributed by atoms with Gasteiger partial charge in [0, 0.05) is 56.0 Å². The number of amides is 1. The van der Waals surface area contributed by atoms with E-state index < -0.39 is 0 Å². The highest BCUT2D eigenvalue weighted by Crippen LogP contribution is 2.31. The van der Waals surface area contributed by atoms with Crippen molar-refractivity contribution in [3.8, 4) is 0 Å². The smallest absolute Gasteiger partial charge is 0.253 e. The van der Waals surface area contributed by atoms with Crippen LogP contribution < -0.4 is 0 Å². The van der Waals surface area contributed by atoms with Crippen LogP contribution in [-0.2, 0) is 13.0 Å². The molecule has 7 heteroatoms. The zero-order valence-corrected chi connectivity index (χ0v) is 17.7. The quantitative estimate of drug-likeness (QED) is 0.781. The predicted octanol–water partition coefficient (Wildman–Crippen LogP) is 2.88. The molecule has 0 unspecified atom stereocenters. The highest BCUT2D eigenvalue weighted by Gasteiger charge is 2.32. The Bertz CT molecular complexity index is 850. The second-order valence-corrected chi connectivity index (χ2v) is 9.01. The van der Waals surface area contributed by atoms with E-state index in [1.807, 2.05) is 17.0 Å². The lowest BCUT2D eigenvalue weighted by atomic mass is 9.92. The van der Waals surface area contributed by atoms with E-state index in [4.69, 9.17) is 0 Å². The molecule has 0 saturated carbocycles. The molecule has 0 atom stereocenters. The minimum atomic E-state index is 0.141. The summed E-state index contributed by atoms with van der Waals surface area (Å²) in [7, 11) is 0. The number of hydrogen-bond acceptors (Lipinski definition) is 5. The van der Waals surface area contributed by atoms with E-state index >= 15 is 0 Å². The van der Waals surface area contributed by atoms with Crippen molar-refractivity contribution < 1.29 is 4.79 Å². The molecular formula is C23H32N6O. The molecule has 0 aliphatic carbocycles. The SMILES string of the molecule is O=C(c1ccncc1)N1CCC(N2CCC(c3nnc4n3CCCCC4)CC2)CC1. The Kier molecular flexibility index (Phi) is 5.79. The molecule has 0 aromatic carbocycles.